The first kappa shape index (κ1) is 51.7. The van der Waals surface area contributed by atoms with Crippen LogP contribution in [-0.2, 0) is 6.18 Å². The Morgan fingerprint density at radius 2 is 0.726 bits per heavy atom. The summed E-state index contributed by atoms with van der Waals surface area (Å²) in [7, 11) is 0. The van der Waals surface area contributed by atoms with Crippen molar-refractivity contribution >= 4 is 66.4 Å². The number of hydrogen-bond acceptors (Lipinski definition) is 5. The number of rotatable bonds is 7. The van der Waals surface area contributed by atoms with E-state index >= 15 is 13.2 Å². The van der Waals surface area contributed by atoms with Gasteiger partial charge in [0.15, 0.2) is 22.7 Å². The maximum Gasteiger partial charge on any atom is 0.417 e. The van der Waals surface area contributed by atoms with Gasteiger partial charge in [-0.2, -0.15) is 39.5 Å². The minimum Gasteiger partial charge on any atom is -0.307 e. The van der Waals surface area contributed by atoms with Crippen molar-refractivity contribution in [2.45, 2.75) is 6.18 Å². The molecule has 84 heavy (non-hydrogen) atoms. The van der Waals surface area contributed by atoms with Crippen LogP contribution in [0, 0.1) is 82.9 Å². The van der Waals surface area contributed by atoms with Crippen molar-refractivity contribution in [2.24, 2.45) is 0 Å². The van der Waals surface area contributed by atoms with Crippen LogP contribution in [0.4, 0.5) is 35.9 Å². The van der Waals surface area contributed by atoms with E-state index in [-0.39, 0.29) is 73.1 Å². The van der Waals surface area contributed by atoms with Gasteiger partial charge < -0.3 is 9.13 Å². The standard InChI is InChI=1S/C70H30F3N11/c1-79-50-14-22-52(48(27-50)38-77)44-10-18-56-58-20-12-46(54-16-8-41(36-75)25-62(54)81-3)31-66(58)83(64(56)29-44)68-33-60(43-7-5-6-40(24-43)35-74)61(70(71,72)73)34-69(68)84-65-30-45(53-23-15-51(80-2)28-49(53)39-78)11-19-57(65)59-21-13-47(32-67(59)84)55-17-9-42(37-76)26-63(55)82-4/h5-34H. The Hall–Kier alpha value is -13.0. The second-order valence-electron chi connectivity index (χ2n) is 19.5. The van der Waals surface area contributed by atoms with Crippen molar-refractivity contribution in [3.63, 3.8) is 0 Å². The van der Waals surface area contributed by atoms with Crippen LogP contribution in [0.1, 0.15) is 33.4 Å². The third-order valence-electron chi connectivity index (χ3n) is 15.0. The number of benzene rings is 10. The molecule has 11 nitrogen and oxygen atoms in total. The normalized spacial score (nSPS) is 10.9. The van der Waals surface area contributed by atoms with Gasteiger partial charge in [-0.15, -0.1) is 0 Å². The molecule has 0 fully saturated rings. The summed E-state index contributed by atoms with van der Waals surface area (Å²) in [6, 6.07) is 59.9. The van der Waals surface area contributed by atoms with Crippen molar-refractivity contribution in [3.8, 4) is 97.4 Å². The Morgan fingerprint density at radius 1 is 0.345 bits per heavy atom. The molecule has 0 N–H and O–H groups in total. The third kappa shape index (κ3) is 8.57. The highest BCUT2D eigenvalue weighted by Crippen LogP contribution is 2.48. The molecule has 0 aliphatic heterocycles. The van der Waals surface area contributed by atoms with Crippen molar-refractivity contribution < 1.29 is 13.2 Å². The zero-order chi connectivity index (χ0) is 58.6. The maximum absolute atomic E-state index is 16.5. The zero-order valence-electron chi connectivity index (χ0n) is 43.4. The number of aromatic nitrogens is 2. The van der Waals surface area contributed by atoms with E-state index in [0.717, 1.165) is 6.07 Å². The summed E-state index contributed by atoms with van der Waals surface area (Å²) in [5.74, 6) is 0. The highest BCUT2D eigenvalue weighted by molar-refractivity contribution is 6.14. The van der Waals surface area contributed by atoms with Gasteiger partial charge in [0.05, 0.1) is 101 Å². The van der Waals surface area contributed by atoms with Crippen LogP contribution in [-0.4, -0.2) is 9.13 Å². The van der Waals surface area contributed by atoms with E-state index in [0.29, 0.717) is 88.1 Å². The predicted molar refractivity (Wildman–Crippen MR) is 316 cm³/mol. The quantitative estimate of drug-likeness (QED) is 0.146. The van der Waals surface area contributed by atoms with Crippen LogP contribution in [0.25, 0.3) is 130 Å². The molecule has 14 heteroatoms. The molecular weight excluding hydrogens is 1050 g/mol. The molecule has 0 saturated heterocycles. The Labute approximate surface area is 477 Å². The highest BCUT2D eigenvalue weighted by Gasteiger charge is 2.36. The third-order valence-corrected chi connectivity index (χ3v) is 15.0. The molecule has 2 heterocycles. The number of alkyl halides is 3. The first-order valence-electron chi connectivity index (χ1n) is 25.4. The summed E-state index contributed by atoms with van der Waals surface area (Å²) in [6.45, 7) is 31.6. The van der Waals surface area contributed by atoms with E-state index in [2.05, 4.69) is 49.7 Å². The molecular formula is C70H30F3N11. The molecule has 0 saturated carbocycles. The van der Waals surface area contributed by atoms with Crippen LogP contribution in [0.3, 0.4) is 0 Å². The fourth-order valence-corrected chi connectivity index (χ4v) is 11.2. The minimum absolute atomic E-state index is 0.000134. The number of nitrogens with zero attached hydrogens (tertiary/aromatic N) is 11. The maximum atomic E-state index is 16.5. The summed E-state index contributed by atoms with van der Waals surface area (Å²) in [5.41, 5.74) is 6.52. The number of fused-ring (bicyclic) bond motifs is 6. The molecule has 0 aliphatic carbocycles. The predicted octanol–water partition coefficient (Wildman–Crippen LogP) is 18.8. The summed E-state index contributed by atoms with van der Waals surface area (Å²) in [4.78, 5) is 14.6. The Balaban J connectivity index is 1.30. The molecule has 0 aliphatic rings. The van der Waals surface area contributed by atoms with E-state index in [4.69, 9.17) is 26.3 Å². The number of nitriles is 5. The zero-order valence-corrected chi connectivity index (χ0v) is 43.4. The average Bonchev–Trinajstić information content (AvgIpc) is 3.22. The van der Waals surface area contributed by atoms with Crippen LogP contribution < -0.4 is 0 Å². The van der Waals surface area contributed by atoms with E-state index in [1.54, 1.807) is 77.4 Å². The van der Waals surface area contributed by atoms with Gasteiger partial charge in [-0.05, 0) is 141 Å². The Bertz CT molecular complexity index is 5060. The highest BCUT2D eigenvalue weighted by atomic mass is 19.4. The molecule has 0 unspecified atom stereocenters. The fourth-order valence-electron chi connectivity index (χ4n) is 11.2. The van der Waals surface area contributed by atoms with Gasteiger partial charge in [0.25, 0.3) is 0 Å². The first-order chi connectivity index (χ1) is 40.8. The lowest BCUT2D eigenvalue weighted by Crippen LogP contribution is -2.12. The lowest BCUT2D eigenvalue weighted by atomic mass is 9.95. The van der Waals surface area contributed by atoms with Gasteiger partial charge in [0.2, 0.25) is 0 Å². The van der Waals surface area contributed by atoms with E-state index in [1.165, 1.54) is 54.6 Å². The molecule has 386 valence electrons. The van der Waals surface area contributed by atoms with Gasteiger partial charge in [0.1, 0.15) is 0 Å². The smallest absolute Gasteiger partial charge is 0.307 e. The molecule has 0 amide bonds. The number of halogens is 3. The minimum atomic E-state index is -5.03. The second kappa shape index (κ2) is 20.3. The van der Waals surface area contributed by atoms with Crippen molar-refractivity contribution in [1.29, 1.82) is 26.3 Å². The van der Waals surface area contributed by atoms with Crippen molar-refractivity contribution in [2.75, 3.05) is 0 Å². The topological polar surface area (TPSA) is 146 Å². The molecule has 12 aromatic rings. The monoisotopic (exact) mass is 1080 g/mol. The molecule has 0 radical (unpaired) electrons. The van der Waals surface area contributed by atoms with E-state index in [1.807, 2.05) is 53.1 Å². The summed E-state index contributed by atoms with van der Waals surface area (Å²) in [6.07, 6.45) is -5.03. The summed E-state index contributed by atoms with van der Waals surface area (Å²) >= 11 is 0. The van der Waals surface area contributed by atoms with Crippen molar-refractivity contribution in [1.82, 2.24) is 9.13 Å². The fraction of sp³-hybridized carbons (Fsp3) is 0.0143. The SMILES string of the molecule is [C-]#[N+]c1ccc(-c2ccc3c4ccc(-c5ccc(C#N)cc5[N+]#[C-])cc4n(-c4cc(-c5cccc(C#N)c5)c(C(F)(F)F)cc4-n4c5cc(-c6ccc([N+]#[C-])cc6C#N)ccc5c5ccc(-c6ccc(C#N)cc6[N+]#[C-])cc54)c3c2)c(C#N)c1. The van der Waals surface area contributed by atoms with E-state index < -0.39 is 11.7 Å². The molecule has 0 spiro atoms. The molecule has 0 bridgehead atoms. The lowest BCUT2D eigenvalue weighted by Gasteiger charge is -2.23. The first-order valence-corrected chi connectivity index (χ1v) is 25.4. The summed E-state index contributed by atoms with van der Waals surface area (Å²) < 4.78 is 53.0. The second-order valence-corrected chi connectivity index (χ2v) is 19.5. The van der Waals surface area contributed by atoms with Gasteiger partial charge in [-0.3, -0.25) is 0 Å². The molecule has 12 rings (SSSR count). The largest absolute Gasteiger partial charge is 0.417 e. The van der Waals surface area contributed by atoms with Crippen LogP contribution in [0.2, 0.25) is 0 Å². The average molecular weight is 1080 g/mol. The van der Waals surface area contributed by atoms with E-state index in [9.17, 15) is 26.3 Å². The van der Waals surface area contributed by atoms with Gasteiger partial charge in [0, 0.05) is 43.8 Å². The van der Waals surface area contributed by atoms with Gasteiger partial charge in [-0.1, -0.05) is 97.1 Å². The van der Waals surface area contributed by atoms with Gasteiger partial charge in [-0.25, -0.2) is 19.4 Å². The molecule has 0 atom stereocenters. The lowest BCUT2D eigenvalue weighted by molar-refractivity contribution is -0.137. The Morgan fingerprint density at radius 3 is 1.11 bits per heavy atom. The number of hydrogen-bond donors (Lipinski definition) is 0. The van der Waals surface area contributed by atoms with Crippen LogP contribution >= 0.6 is 0 Å². The Kier molecular flexibility index (Phi) is 12.5. The van der Waals surface area contributed by atoms with Crippen molar-refractivity contribution in [3.05, 3.63) is 261 Å². The van der Waals surface area contributed by atoms with Gasteiger partial charge >= 0.3 is 6.18 Å². The van der Waals surface area contributed by atoms with Crippen LogP contribution in [0.5, 0.6) is 0 Å². The van der Waals surface area contributed by atoms with Crippen LogP contribution in [0.15, 0.2) is 182 Å². The molecule has 10 aromatic carbocycles. The molecule has 2 aromatic heterocycles. The summed E-state index contributed by atoms with van der Waals surface area (Å²) in [5, 5.41) is 53.2.